The molecule has 0 amide bonds. The summed E-state index contributed by atoms with van der Waals surface area (Å²) in [5.41, 5.74) is 0. The van der Waals surface area contributed by atoms with Gasteiger partial charge in [-0.2, -0.15) is 11.8 Å². The number of carbonyl (C=O) groups is 1. The van der Waals surface area contributed by atoms with Gasteiger partial charge in [0.05, 0.1) is 12.7 Å². The Hall–Kier alpha value is -0.260. The van der Waals surface area contributed by atoms with Gasteiger partial charge in [-0.1, -0.05) is 0 Å². The number of ether oxygens (including phenoxy) is 3. The van der Waals surface area contributed by atoms with Crippen molar-refractivity contribution in [3.05, 3.63) is 0 Å². The topological polar surface area (TPSA) is 44.8 Å². The van der Waals surface area contributed by atoms with Gasteiger partial charge in [-0.3, -0.25) is 0 Å². The minimum absolute atomic E-state index is 0.291. The summed E-state index contributed by atoms with van der Waals surface area (Å²) in [5, 5.41) is 0. The van der Waals surface area contributed by atoms with Gasteiger partial charge in [-0.15, -0.1) is 0 Å². The molecule has 0 aromatic rings. The lowest BCUT2D eigenvalue weighted by Crippen LogP contribution is -2.24. The van der Waals surface area contributed by atoms with Crippen molar-refractivity contribution in [1.29, 1.82) is 0 Å². The van der Waals surface area contributed by atoms with Crippen molar-refractivity contribution in [3.63, 3.8) is 0 Å². The first-order valence-electron chi connectivity index (χ1n) is 6.21. The summed E-state index contributed by atoms with van der Waals surface area (Å²) >= 11 is 1.94. The predicted molar refractivity (Wildman–Crippen MR) is 68.3 cm³/mol. The SMILES string of the molecule is CCOC(=O)[C@H](C)OCCCOC1CCSC1. The molecule has 0 aromatic carbocycles. The number of esters is 1. The maximum Gasteiger partial charge on any atom is 0.334 e. The second-order valence-corrected chi connectivity index (χ2v) is 5.12. The summed E-state index contributed by atoms with van der Waals surface area (Å²) in [6.07, 6.45) is 1.93. The Morgan fingerprint density at radius 3 is 2.94 bits per heavy atom. The standard InChI is InChI=1S/C12H22O4S/c1-3-14-12(13)10(2)15-6-4-7-16-11-5-8-17-9-11/h10-11H,3-9H2,1-2H3/t10-,11?/m0/s1. The molecule has 0 N–H and O–H groups in total. The molecule has 17 heavy (non-hydrogen) atoms. The van der Waals surface area contributed by atoms with Crippen LogP contribution in [0.5, 0.6) is 0 Å². The van der Waals surface area contributed by atoms with Crippen molar-refractivity contribution in [1.82, 2.24) is 0 Å². The molecule has 1 saturated heterocycles. The lowest BCUT2D eigenvalue weighted by molar-refractivity contribution is -0.155. The van der Waals surface area contributed by atoms with E-state index in [4.69, 9.17) is 14.2 Å². The Morgan fingerprint density at radius 1 is 1.47 bits per heavy atom. The summed E-state index contributed by atoms with van der Waals surface area (Å²) in [6.45, 7) is 5.15. The van der Waals surface area contributed by atoms with Crippen LogP contribution >= 0.6 is 11.8 Å². The van der Waals surface area contributed by atoms with Gasteiger partial charge in [-0.05, 0) is 32.4 Å². The van der Waals surface area contributed by atoms with E-state index in [0.717, 1.165) is 18.6 Å². The van der Waals surface area contributed by atoms with E-state index < -0.39 is 6.10 Å². The Bertz CT molecular complexity index is 217. The fraction of sp³-hybridized carbons (Fsp3) is 0.917. The lowest BCUT2D eigenvalue weighted by Gasteiger charge is -2.13. The van der Waals surface area contributed by atoms with Crippen molar-refractivity contribution in [2.75, 3.05) is 31.3 Å². The molecule has 0 aromatic heterocycles. The Morgan fingerprint density at radius 2 is 2.29 bits per heavy atom. The van der Waals surface area contributed by atoms with Crippen LogP contribution in [-0.4, -0.2) is 49.5 Å². The molecule has 2 atom stereocenters. The van der Waals surface area contributed by atoms with Crippen LogP contribution in [0.15, 0.2) is 0 Å². The summed E-state index contributed by atoms with van der Waals surface area (Å²) in [7, 11) is 0. The summed E-state index contributed by atoms with van der Waals surface area (Å²) < 4.78 is 15.9. The Kier molecular flexibility index (Phi) is 7.64. The van der Waals surface area contributed by atoms with Gasteiger partial charge in [0.15, 0.2) is 6.10 Å². The van der Waals surface area contributed by atoms with Gasteiger partial charge in [0.1, 0.15) is 0 Å². The first-order chi connectivity index (χ1) is 8.24. The molecular formula is C12H22O4S. The van der Waals surface area contributed by atoms with Gasteiger partial charge in [-0.25, -0.2) is 4.79 Å². The molecular weight excluding hydrogens is 240 g/mol. The van der Waals surface area contributed by atoms with Gasteiger partial charge >= 0.3 is 5.97 Å². The van der Waals surface area contributed by atoms with Crippen molar-refractivity contribution >= 4 is 17.7 Å². The first-order valence-corrected chi connectivity index (χ1v) is 7.37. The largest absolute Gasteiger partial charge is 0.464 e. The van der Waals surface area contributed by atoms with Crippen LogP contribution in [0, 0.1) is 0 Å². The van der Waals surface area contributed by atoms with E-state index in [2.05, 4.69) is 0 Å². The molecule has 0 radical (unpaired) electrons. The van der Waals surface area contributed by atoms with E-state index in [1.807, 2.05) is 11.8 Å². The molecule has 4 nitrogen and oxygen atoms in total. The molecule has 0 aliphatic carbocycles. The van der Waals surface area contributed by atoms with E-state index >= 15 is 0 Å². The lowest BCUT2D eigenvalue weighted by atomic mass is 10.3. The van der Waals surface area contributed by atoms with Crippen LogP contribution in [0.4, 0.5) is 0 Å². The summed E-state index contributed by atoms with van der Waals surface area (Å²) in [4.78, 5) is 11.2. The average molecular weight is 262 g/mol. The second-order valence-electron chi connectivity index (χ2n) is 3.98. The fourth-order valence-corrected chi connectivity index (χ4v) is 2.66. The molecule has 1 rings (SSSR count). The normalized spacial score (nSPS) is 21.4. The molecule has 1 aliphatic rings. The zero-order valence-corrected chi connectivity index (χ0v) is 11.5. The smallest absolute Gasteiger partial charge is 0.334 e. The van der Waals surface area contributed by atoms with Crippen LogP contribution < -0.4 is 0 Å². The minimum Gasteiger partial charge on any atom is -0.464 e. The Labute approximate surface area is 107 Å². The van der Waals surface area contributed by atoms with Crippen LogP contribution in [0.3, 0.4) is 0 Å². The third kappa shape index (κ3) is 6.29. The van der Waals surface area contributed by atoms with E-state index in [1.165, 1.54) is 5.75 Å². The molecule has 0 bridgehead atoms. The van der Waals surface area contributed by atoms with Crippen LogP contribution in [0.25, 0.3) is 0 Å². The van der Waals surface area contributed by atoms with E-state index in [1.54, 1.807) is 13.8 Å². The first kappa shape index (κ1) is 14.8. The maximum atomic E-state index is 11.2. The highest BCUT2D eigenvalue weighted by molar-refractivity contribution is 7.99. The second kappa shape index (κ2) is 8.78. The zero-order chi connectivity index (χ0) is 12.5. The van der Waals surface area contributed by atoms with Crippen molar-refractivity contribution in [2.45, 2.75) is 38.9 Å². The average Bonchev–Trinajstić information content (AvgIpc) is 2.81. The highest BCUT2D eigenvalue weighted by Gasteiger charge is 2.16. The number of hydrogen-bond acceptors (Lipinski definition) is 5. The van der Waals surface area contributed by atoms with Crippen molar-refractivity contribution in [2.24, 2.45) is 0 Å². The number of thioether (sulfide) groups is 1. The molecule has 1 unspecified atom stereocenters. The molecule has 0 saturated carbocycles. The minimum atomic E-state index is -0.475. The third-order valence-electron chi connectivity index (χ3n) is 2.52. The predicted octanol–water partition coefficient (Wildman–Crippen LogP) is 1.87. The van der Waals surface area contributed by atoms with Crippen LogP contribution in [0.2, 0.25) is 0 Å². The number of hydrogen-bond donors (Lipinski definition) is 0. The van der Waals surface area contributed by atoms with Gasteiger partial charge < -0.3 is 14.2 Å². The fourth-order valence-electron chi connectivity index (χ4n) is 1.54. The van der Waals surface area contributed by atoms with Crippen LogP contribution in [-0.2, 0) is 19.0 Å². The summed E-state index contributed by atoms with van der Waals surface area (Å²) in [6, 6.07) is 0. The highest BCUT2D eigenvalue weighted by Crippen LogP contribution is 2.19. The van der Waals surface area contributed by atoms with E-state index in [-0.39, 0.29) is 5.97 Å². The van der Waals surface area contributed by atoms with Gasteiger partial charge in [0, 0.05) is 19.0 Å². The van der Waals surface area contributed by atoms with Crippen molar-refractivity contribution < 1.29 is 19.0 Å². The molecule has 1 fully saturated rings. The molecule has 1 heterocycles. The molecule has 1 aliphatic heterocycles. The van der Waals surface area contributed by atoms with Crippen molar-refractivity contribution in [3.8, 4) is 0 Å². The van der Waals surface area contributed by atoms with Gasteiger partial charge in [0.25, 0.3) is 0 Å². The summed E-state index contributed by atoms with van der Waals surface area (Å²) in [5.74, 6) is 2.03. The third-order valence-corrected chi connectivity index (χ3v) is 3.65. The van der Waals surface area contributed by atoms with Crippen LogP contribution in [0.1, 0.15) is 26.7 Å². The number of rotatable bonds is 8. The van der Waals surface area contributed by atoms with E-state index in [0.29, 0.717) is 25.9 Å². The quantitative estimate of drug-likeness (QED) is 0.493. The molecule has 0 spiro atoms. The van der Waals surface area contributed by atoms with Gasteiger partial charge in [0.2, 0.25) is 0 Å². The molecule has 5 heteroatoms. The van der Waals surface area contributed by atoms with E-state index in [9.17, 15) is 4.79 Å². The Balaban J connectivity index is 1.94. The highest BCUT2D eigenvalue weighted by atomic mass is 32.2. The maximum absolute atomic E-state index is 11.2. The monoisotopic (exact) mass is 262 g/mol. The molecule has 100 valence electrons. The number of carbonyl (C=O) groups excluding carboxylic acids is 1. The zero-order valence-electron chi connectivity index (χ0n) is 10.6.